The molecule has 0 spiro atoms. The maximum Gasteiger partial charge on any atom is 0.343 e. The molecule has 1 saturated carbocycles. The molecule has 1 heterocycles. The van der Waals surface area contributed by atoms with Crippen molar-refractivity contribution in [1.82, 2.24) is 9.66 Å². The number of para-hydroxylation sites is 1. The summed E-state index contributed by atoms with van der Waals surface area (Å²) in [5, 5.41) is 16.4. The summed E-state index contributed by atoms with van der Waals surface area (Å²) in [7, 11) is 1.20. The van der Waals surface area contributed by atoms with E-state index in [1.807, 2.05) is 12.1 Å². The van der Waals surface area contributed by atoms with Gasteiger partial charge in [-0.25, -0.2) is 9.78 Å². The number of hydrogen-bond donors (Lipinski definition) is 0. The summed E-state index contributed by atoms with van der Waals surface area (Å²) in [5.41, 5.74) is 0.410. The Labute approximate surface area is 195 Å². The second-order valence-corrected chi connectivity index (χ2v) is 8.03. The van der Waals surface area contributed by atoms with E-state index >= 15 is 0 Å². The molecule has 1 aliphatic carbocycles. The lowest BCUT2D eigenvalue weighted by molar-refractivity contribution is -0.385. The van der Waals surface area contributed by atoms with Crippen molar-refractivity contribution in [2.24, 2.45) is 5.10 Å². The number of carbonyl (C=O) groups is 1. The smallest absolute Gasteiger partial charge is 0.343 e. The molecule has 10 nitrogen and oxygen atoms in total. The maximum absolute atomic E-state index is 13.3. The Morgan fingerprint density at radius 2 is 2.00 bits per heavy atom. The number of esters is 1. The fourth-order valence-electron chi connectivity index (χ4n) is 4.08. The van der Waals surface area contributed by atoms with Crippen LogP contribution in [0, 0.1) is 10.1 Å². The number of nitrogens with zero attached hydrogens (tertiary/aromatic N) is 4. The minimum absolute atomic E-state index is 0.0695. The van der Waals surface area contributed by atoms with Gasteiger partial charge in [-0.2, -0.15) is 9.78 Å². The molecule has 0 saturated heterocycles. The van der Waals surface area contributed by atoms with Crippen LogP contribution in [-0.2, 0) is 9.53 Å². The number of hydrogen-bond acceptors (Lipinski definition) is 8. The summed E-state index contributed by atoms with van der Waals surface area (Å²) in [6.07, 6.45) is 6.54. The highest BCUT2D eigenvalue weighted by Gasteiger charge is 2.22. The average Bonchev–Trinajstić information content (AvgIpc) is 2.87. The first-order valence-corrected chi connectivity index (χ1v) is 11.0. The van der Waals surface area contributed by atoms with Crippen LogP contribution in [0.4, 0.5) is 5.69 Å². The molecular weight excluding hydrogens is 440 g/mol. The lowest BCUT2D eigenvalue weighted by Gasteiger charge is -2.22. The largest absolute Gasteiger partial charge is 0.475 e. The van der Waals surface area contributed by atoms with Gasteiger partial charge in [-0.05, 0) is 37.1 Å². The number of ether oxygens (including phenoxy) is 2. The molecular formula is C24H24N4O6. The lowest BCUT2D eigenvalue weighted by atomic mass is 9.88. The van der Waals surface area contributed by atoms with E-state index in [1.165, 1.54) is 30.1 Å². The van der Waals surface area contributed by atoms with E-state index < -0.39 is 17.5 Å². The Kier molecular flexibility index (Phi) is 6.95. The van der Waals surface area contributed by atoms with Gasteiger partial charge in [0.2, 0.25) is 0 Å². The van der Waals surface area contributed by atoms with E-state index in [1.54, 1.807) is 18.2 Å². The number of benzene rings is 2. The molecule has 0 radical (unpaired) electrons. The summed E-state index contributed by atoms with van der Waals surface area (Å²) >= 11 is 0. The minimum Gasteiger partial charge on any atom is -0.475 e. The Hall–Kier alpha value is -4.08. The second kappa shape index (κ2) is 10.2. The van der Waals surface area contributed by atoms with Crippen molar-refractivity contribution in [1.29, 1.82) is 0 Å². The fourth-order valence-corrected chi connectivity index (χ4v) is 4.08. The van der Waals surface area contributed by atoms with Gasteiger partial charge in [0.1, 0.15) is 5.82 Å². The van der Waals surface area contributed by atoms with Crippen LogP contribution in [0.1, 0.15) is 49.4 Å². The zero-order valence-electron chi connectivity index (χ0n) is 18.7. The Bertz CT molecular complexity index is 1310. The molecule has 0 bridgehead atoms. The molecule has 0 aliphatic heterocycles. The van der Waals surface area contributed by atoms with Crippen molar-refractivity contribution in [3.63, 3.8) is 0 Å². The van der Waals surface area contributed by atoms with Gasteiger partial charge in [-0.1, -0.05) is 31.4 Å². The molecule has 1 aliphatic rings. The fraction of sp³-hybridized carbons (Fsp3) is 0.333. The summed E-state index contributed by atoms with van der Waals surface area (Å²) in [5.74, 6) is -0.00263. The van der Waals surface area contributed by atoms with Crippen molar-refractivity contribution in [3.8, 4) is 5.75 Å². The SMILES string of the molecule is COC(=O)COc1ccc(C=Nn2c(C3CCCCC3)nc3ccccc3c2=O)cc1[N+](=O)[O-]. The van der Waals surface area contributed by atoms with Gasteiger partial charge in [0.25, 0.3) is 5.56 Å². The van der Waals surface area contributed by atoms with E-state index in [2.05, 4.69) is 9.84 Å². The van der Waals surface area contributed by atoms with Crippen LogP contribution in [0.2, 0.25) is 0 Å². The van der Waals surface area contributed by atoms with Gasteiger partial charge in [0.05, 0.1) is 29.2 Å². The molecule has 0 unspecified atom stereocenters. The lowest BCUT2D eigenvalue weighted by Crippen LogP contribution is -2.25. The number of carbonyl (C=O) groups excluding carboxylic acids is 1. The summed E-state index contributed by atoms with van der Waals surface area (Å²) in [4.78, 5) is 40.2. The third kappa shape index (κ3) is 4.95. The number of fused-ring (bicyclic) bond motifs is 1. The van der Waals surface area contributed by atoms with Gasteiger partial charge < -0.3 is 9.47 Å². The number of aromatic nitrogens is 2. The predicted molar refractivity (Wildman–Crippen MR) is 125 cm³/mol. The van der Waals surface area contributed by atoms with Crippen molar-refractivity contribution in [3.05, 3.63) is 74.3 Å². The van der Waals surface area contributed by atoms with Crippen LogP contribution >= 0.6 is 0 Å². The highest BCUT2D eigenvalue weighted by Crippen LogP contribution is 2.32. The van der Waals surface area contributed by atoms with E-state index in [-0.39, 0.29) is 22.9 Å². The monoisotopic (exact) mass is 464 g/mol. The first-order chi connectivity index (χ1) is 16.5. The molecule has 0 amide bonds. The number of methoxy groups -OCH3 is 1. The summed E-state index contributed by atoms with van der Waals surface area (Å²) in [6.45, 7) is -0.451. The van der Waals surface area contributed by atoms with Crippen LogP contribution in [-0.4, -0.2) is 40.5 Å². The first kappa shape index (κ1) is 23.1. The zero-order valence-corrected chi connectivity index (χ0v) is 18.7. The molecule has 3 aromatic rings. The number of nitro benzene ring substituents is 1. The van der Waals surface area contributed by atoms with Crippen LogP contribution in [0.25, 0.3) is 10.9 Å². The van der Waals surface area contributed by atoms with Gasteiger partial charge in [-0.15, -0.1) is 0 Å². The third-order valence-corrected chi connectivity index (χ3v) is 5.82. The Morgan fingerprint density at radius 3 is 2.74 bits per heavy atom. The average molecular weight is 464 g/mol. The molecule has 2 aromatic carbocycles. The van der Waals surface area contributed by atoms with Crippen molar-refractivity contribution in [2.75, 3.05) is 13.7 Å². The van der Waals surface area contributed by atoms with E-state index in [9.17, 15) is 19.7 Å². The van der Waals surface area contributed by atoms with Crippen LogP contribution < -0.4 is 10.3 Å². The molecule has 34 heavy (non-hydrogen) atoms. The minimum atomic E-state index is -0.654. The predicted octanol–water partition coefficient (Wildman–Crippen LogP) is 3.79. The van der Waals surface area contributed by atoms with Crippen LogP contribution in [0.5, 0.6) is 5.75 Å². The van der Waals surface area contributed by atoms with Gasteiger partial charge in [0.15, 0.2) is 12.4 Å². The molecule has 1 fully saturated rings. The van der Waals surface area contributed by atoms with Gasteiger partial charge >= 0.3 is 11.7 Å². The summed E-state index contributed by atoms with van der Waals surface area (Å²) in [6, 6.07) is 11.4. The van der Waals surface area contributed by atoms with Crippen LogP contribution in [0.3, 0.4) is 0 Å². The first-order valence-electron chi connectivity index (χ1n) is 11.0. The molecule has 10 heteroatoms. The van der Waals surface area contributed by atoms with E-state index in [0.717, 1.165) is 32.1 Å². The van der Waals surface area contributed by atoms with E-state index in [0.29, 0.717) is 22.3 Å². The topological polar surface area (TPSA) is 126 Å². The van der Waals surface area contributed by atoms with Crippen molar-refractivity contribution >= 4 is 28.8 Å². The Morgan fingerprint density at radius 1 is 1.24 bits per heavy atom. The second-order valence-electron chi connectivity index (χ2n) is 8.03. The normalized spacial score (nSPS) is 14.4. The standard InChI is InChI=1S/C24H24N4O6/c1-33-22(29)15-34-21-12-11-16(13-20(21)28(31)32)14-25-27-23(17-7-3-2-4-8-17)26-19-10-6-5-9-18(19)24(27)30/h5-6,9-14,17H,2-4,7-8,15H2,1H3. The van der Waals surface area contributed by atoms with Crippen LogP contribution in [0.15, 0.2) is 52.4 Å². The highest BCUT2D eigenvalue weighted by molar-refractivity contribution is 5.82. The quantitative estimate of drug-likeness (QED) is 0.225. The van der Waals surface area contributed by atoms with Gasteiger partial charge in [0, 0.05) is 17.5 Å². The zero-order chi connectivity index (χ0) is 24.1. The van der Waals surface area contributed by atoms with Crippen molar-refractivity contribution in [2.45, 2.75) is 38.0 Å². The Balaban J connectivity index is 1.72. The van der Waals surface area contributed by atoms with Gasteiger partial charge in [-0.3, -0.25) is 14.9 Å². The maximum atomic E-state index is 13.3. The number of nitro groups is 1. The van der Waals surface area contributed by atoms with E-state index in [4.69, 9.17) is 9.72 Å². The molecule has 0 N–H and O–H groups in total. The molecule has 1 aromatic heterocycles. The molecule has 0 atom stereocenters. The van der Waals surface area contributed by atoms with Crippen molar-refractivity contribution < 1.29 is 19.2 Å². The third-order valence-electron chi connectivity index (χ3n) is 5.82. The number of rotatable bonds is 7. The molecule has 4 rings (SSSR count). The highest BCUT2D eigenvalue weighted by atomic mass is 16.6. The summed E-state index contributed by atoms with van der Waals surface area (Å²) < 4.78 is 11.0. The molecule has 176 valence electrons.